The summed E-state index contributed by atoms with van der Waals surface area (Å²) >= 11 is 3.38. The summed E-state index contributed by atoms with van der Waals surface area (Å²) in [6.45, 7) is 1.79. The summed E-state index contributed by atoms with van der Waals surface area (Å²) in [6.07, 6.45) is 0.935. The fourth-order valence-electron chi connectivity index (χ4n) is 3.05. The molecule has 4 rings (SSSR count). The van der Waals surface area contributed by atoms with E-state index in [4.69, 9.17) is 4.52 Å². The number of thioether (sulfide) groups is 2. The number of hydrogen-bond donors (Lipinski definition) is 1. The topological polar surface area (TPSA) is 68.0 Å². The number of rotatable bonds is 5. The van der Waals surface area contributed by atoms with Gasteiger partial charge in [-0.05, 0) is 37.1 Å². The van der Waals surface area contributed by atoms with Crippen molar-refractivity contribution in [2.24, 2.45) is 0 Å². The second-order valence-corrected chi connectivity index (χ2v) is 8.38. The predicted octanol–water partition coefficient (Wildman–Crippen LogP) is 4.64. The van der Waals surface area contributed by atoms with Crippen molar-refractivity contribution in [3.8, 4) is 0 Å². The smallest absolute Gasteiger partial charge is 0.252 e. The van der Waals surface area contributed by atoms with E-state index in [-0.39, 0.29) is 11.9 Å². The summed E-state index contributed by atoms with van der Waals surface area (Å²) in [5.74, 6) is 2.67. The third-order valence-electron chi connectivity index (χ3n) is 4.32. The van der Waals surface area contributed by atoms with Crippen molar-refractivity contribution in [3.63, 3.8) is 0 Å². The Morgan fingerprint density at radius 3 is 2.93 bits per heavy atom. The lowest BCUT2D eigenvalue weighted by atomic mass is 10.0. The van der Waals surface area contributed by atoms with Crippen molar-refractivity contribution < 1.29 is 9.32 Å². The highest BCUT2D eigenvalue weighted by Crippen LogP contribution is 2.36. The zero-order valence-electron chi connectivity index (χ0n) is 14.8. The molecule has 1 N–H and O–H groups in total. The lowest BCUT2D eigenvalue weighted by Crippen LogP contribution is -2.31. The molecular weight excluding hydrogens is 378 g/mol. The molecule has 1 atom stereocenters. The molecule has 2 aromatic carbocycles. The van der Waals surface area contributed by atoms with Crippen molar-refractivity contribution in [3.05, 3.63) is 71.4 Å². The van der Waals surface area contributed by atoms with Crippen molar-refractivity contribution >= 4 is 29.4 Å². The summed E-state index contributed by atoms with van der Waals surface area (Å²) in [6, 6.07) is 16.0. The van der Waals surface area contributed by atoms with Gasteiger partial charge in [-0.3, -0.25) is 4.79 Å². The zero-order valence-corrected chi connectivity index (χ0v) is 16.5. The minimum absolute atomic E-state index is 0.0478. The van der Waals surface area contributed by atoms with Crippen LogP contribution in [0.2, 0.25) is 0 Å². The van der Waals surface area contributed by atoms with Crippen LogP contribution in [0.15, 0.2) is 62.8 Å². The first-order valence-electron chi connectivity index (χ1n) is 8.74. The number of nitrogens with zero attached hydrogens (tertiary/aromatic N) is 2. The van der Waals surface area contributed by atoms with Crippen LogP contribution < -0.4 is 5.32 Å². The molecule has 1 aliphatic rings. The number of hydrogen-bond acceptors (Lipinski definition) is 6. The molecule has 7 heteroatoms. The molecule has 0 radical (unpaired) electrons. The van der Waals surface area contributed by atoms with Crippen LogP contribution in [0, 0.1) is 6.92 Å². The van der Waals surface area contributed by atoms with Crippen molar-refractivity contribution in [1.82, 2.24) is 15.5 Å². The molecule has 1 aromatic heterocycles. The Hall–Kier alpha value is -2.25. The first kappa shape index (κ1) is 18.1. The highest BCUT2D eigenvalue weighted by Gasteiger charge is 2.23. The van der Waals surface area contributed by atoms with Crippen LogP contribution in [-0.4, -0.2) is 21.8 Å². The van der Waals surface area contributed by atoms with Gasteiger partial charge in [-0.15, -0.1) is 23.5 Å². The SMILES string of the molecule is Cc1noc(CSc2ccccc2C(=O)N[C@@H]2CCSc3ccccc32)n1. The Kier molecular flexibility index (Phi) is 5.50. The van der Waals surface area contributed by atoms with Gasteiger partial charge in [0.2, 0.25) is 5.89 Å². The van der Waals surface area contributed by atoms with Gasteiger partial charge in [-0.2, -0.15) is 4.98 Å². The standard InChI is InChI=1S/C20H19N3O2S2/c1-13-21-19(25-23-13)12-27-18-9-5-3-7-15(18)20(24)22-16-10-11-26-17-8-4-2-6-14(16)17/h2-9,16H,10-12H2,1H3,(H,22,24)/t16-/m1/s1. The molecule has 0 fully saturated rings. The van der Waals surface area contributed by atoms with Crippen molar-refractivity contribution in [2.45, 2.75) is 34.9 Å². The number of carbonyl (C=O) groups excluding carboxylic acids is 1. The van der Waals surface area contributed by atoms with Crippen LogP contribution in [0.1, 0.15) is 40.1 Å². The van der Waals surface area contributed by atoms with Crippen LogP contribution >= 0.6 is 23.5 Å². The fraction of sp³-hybridized carbons (Fsp3) is 0.250. The summed E-state index contributed by atoms with van der Waals surface area (Å²) in [5, 5.41) is 7.02. The Labute approximate surface area is 166 Å². The van der Waals surface area contributed by atoms with Gasteiger partial charge in [-0.1, -0.05) is 35.5 Å². The number of aryl methyl sites for hydroxylation is 1. The van der Waals surface area contributed by atoms with Crippen LogP contribution in [0.25, 0.3) is 0 Å². The Balaban J connectivity index is 1.49. The highest BCUT2D eigenvalue weighted by atomic mass is 32.2. The lowest BCUT2D eigenvalue weighted by Gasteiger charge is -2.26. The van der Waals surface area contributed by atoms with Gasteiger partial charge in [0.05, 0.1) is 17.4 Å². The summed E-state index contributed by atoms with van der Waals surface area (Å²) in [5.41, 5.74) is 1.88. The quantitative estimate of drug-likeness (QED) is 0.633. The van der Waals surface area contributed by atoms with Crippen molar-refractivity contribution in [2.75, 3.05) is 5.75 Å². The molecule has 0 bridgehead atoms. The molecule has 3 aromatic rings. The van der Waals surface area contributed by atoms with Crippen LogP contribution in [-0.2, 0) is 5.75 Å². The van der Waals surface area contributed by atoms with E-state index < -0.39 is 0 Å². The molecule has 0 saturated carbocycles. The van der Waals surface area contributed by atoms with Gasteiger partial charge in [0, 0.05) is 15.5 Å². The number of benzene rings is 2. The van der Waals surface area contributed by atoms with E-state index in [2.05, 4.69) is 27.6 Å². The van der Waals surface area contributed by atoms with E-state index in [1.165, 1.54) is 22.2 Å². The summed E-state index contributed by atoms with van der Waals surface area (Å²) in [7, 11) is 0. The molecule has 27 heavy (non-hydrogen) atoms. The van der Waals surface area contributed by atoms with E-state index in [0.29, 0.717) is 23.0 Å². The lowest BCUT2D eigenvalue weighted by molar-refractivity contribution is 0.0932. The van der Waals surface area contributed by atoms with Gasteiger partial charge >= 0.3 is 0 Å². The second-order valence-electron chi connectivity index (χ2n) is 6.22. The fourth-order valence-corrected chi connectivity index (χ4v) is 5.06. The number of aromatic nitrogens is 2. The van der Waals surface area contributed by atoms with Crippen LogP contribution in [0.4, 0.5) is 0 Å². The minimum atomic E-state index is -0.0495. The highest BCUT2D eigenvalue weighted by molar-refractivity contribution is 7.99. The molecule has 0 saturated heterocycles. The Morgan fingerprint density at radius 1 is 1.26 bits per heavy atom. The number of carbonyl (C=O) groups is 1. The van der Waals surface area contributed by atoms with Gasteiger partial charge in [0.25, 0.3) is 5.91 Å². The van der Waals surface area contributed by atoms with Crippen LogP contribution in [0.3, 0.4) is 0 Å². The van der Waals surface area contributed by atoms with E-state index in [1.54, 1.807) is 6.92 Å². The number of nitrogens with one attached hydrogen (secondary N) is 1. The first-order valence-corrected chi connectivity index (χ1v) is 10.7. The minimum Gasteiger partial charge on any atom is -0.345 e. The molecule has 1 aliphatic heterocycles. The second kappa shape index (κ2) is 8.19. The maximum Gasteiger partial charge on any atom is 0.252 e. The molecule has 2 heterocycles. The Morgan fingerprint density at radius 2 is 2.07 bits per heavy atom. The molecule has 0 aliphatic carbocycles. The molecular formula is C20H19N3O2S2. The average molecular weight is 398 g/mol. The maximum absolute atomic E-state index is 13.0. The molecule has 5 nitrogen and oxygen atoms in total. The largest absolute Gasteiger partial charge is 0.345 e. The maximum atomic E-state index is 13.0. The molecule has 0 spiro atoms. The van der Waals surface area contributed by atoms with Gasteiger partial charge in [0.1, 0.15) is 0 Å². The van der Waals surface area contributed by atoms with Crippen molar-refractivity contribution in [1.29, 1.82) is 0 Å². The van der Waals surface area contributed by atoms with Gasteiger partial charge in [-0.25, -0.2) is 0 Å². The average Bonchev–Trinajstić information content (AvgIpc) is 3.12. The predicted molar refractivity (Wildman–Crippen MR) is 107 cm³/mol. The third kappa shape index (κ3) is 4.20. The van der Waals surface area contributed by atoms with Crippen LogP contribution in [0.5, 0.6) is 0 Å². The van der Waals surface area contributed by atoms with E-state index >= 15 is 0 Å². The van der Waals surface area contributed by atoms with Gasteiger partial charge in [0.15, 0.2) is 5.82 Å². The monoisotopic (exact) mass is 397 g/mol. The van der Waals surface area contributed by atoms with E-state index in [0.717, 1.165) is 17.1 Å². The van der Waals surface area contributed by atoms with Gasteiger partial charge < -0.3 is 9.84 Å². The molecule has 138 valence electrons. The number of amides is 1. The summed E-state index contributed by atoms with van der Waals surface area (Å²) < 4.78 is 5.16. The molecule has 0 unspecified atom stereocenters. The first-order chi connectivity index (χ1) is 13.2. The van der Waals surface area contributed by atoms with E-state index in [9.17, 15) is 4.79 Å². The third-order valence-corrected chi connectivity index (χ3v) is 6.50. The van der Waals surface area contributed by atoms with E-state index in [1.807, 2.05) is 48.2 Å². The summed E-state index contributed by atoms with van der Waals surface area (Å²) in [4.78, 5) is 19.4. The molecule has 1 amide bonds. The Bertz CT molecular complexity index is 958. The zero-order chi connectivity index (χ0) is 18.6. The normalized spacial score (nSPS) is 16.0. The number of fused-ring (bicyclic) bond motifs is 1.